The highest BCUT2D eigenvalue weighted by Crippen LogP contribution is 2.33. The summed E-state index contributed by atoms with van der Waals surface area (Å²) < 4.78 is 12.2. The van der Waals surface area contributed by atoms with Crippen molar-refractivity contribution in [3.8, 4) is 11.5 Å². The molecule has 5 nitrogen and oxygen atoms in total. The lowest BCUT2D eigenvalue weighted by Gasteiger charge is -2.13. The third kappa shape index (κ3) is 5.95. The maximum atomic E-state index is 12.5. The van der Waals surface area contributed by atoms with Crippen molar-refractivity contribution in [2.45, 2.75) is 13.0 Å². The van der Waals surface area contributed by atoms with Crippen LogP contribution >= 0.6 is 27.5 Å². The zero-order valence-electron chi connectivity index (χ0n) is 18.4. The van der Waals surface area contributed by atoms with E-state index in [2.05, 4.69) is 26.5 Å². The smallest absolute Gasteiger partial charge is 0.244 e. The molecule has 34 heavy (non-hydrogen) atoms. The van der Waals surface area contributed by atoms with Crippen molar-refractivity contribution >= 4 is 50.4 Å². The van der Waals surface area contributed by atoms with E-state index >= 15 is 0 Å². The van der Waals surface area contributed by atoms with Crippen molar-refractivity contribution in [3.05, 3.63) is 105 Å². The molecule has 172 valence electrons. The zero-order chi connectivity index (χ0) is 23.9. The lowest BCUT2D eigenvalue weighted by atomic mass is 10.0. The summed E-state index contributed by atoms with van der Waals surface area (Å²) in [5, 5.41) is 6.96. The summed E-state index contributed by atoms with van der Waals surface area (Å²) in [6.07, 6.45) is 1.80. The van der Waals surface area contributed by atoms with E-state index in [4.69, 9.17) is 21.1 Å². The summed E-state index contributed by atoms with van der Waals surface area (Å²) in [5.74, 6) is 0.945. The minimum absolute atomic E-state index is 0.196. The van der Waals surface area contributed by atoms with Crippen LogP contribution in [0.3, 0.4) is 0 Å². The molecule has 0 aromatic heterocycles. The van der Waals surface area contributed by atoms with E-state index in [1.807, 2.05) is 72.8 Å². The van der Waals surface area contributed by atoms with Gasteiger partial charge in [-0.25, -0.2) is 5.43 Å². The van der Waals surface area contributed by atoms with Crippen molar-refractivity contribution in [2.75, 3.05) is 7.11 Å². The minimum Gasteiger partial charge on any atom is -0.493 e. The minimum atomic E-state index is -0.196. The number of rotatable bonds is 8. The van der Waals surface area contributed by atoms with Crippen LogP contribution in [0.15, 0.2) is 88.4 Å². The fourth-order valence-corrected chi connectivity index (χ4v) is 4.05. The summed E-state index contributed by atoms with van der Waals surface area (Å²) in [5.41, 5.74) is 5.28. The number of carbonyl (C=O) groups excluding carboxylic acids is 1. The van der Waals surface area contributed by atoms with Gasteiger partial charge in [0.15, 0.2) is 11.5 Å². The number of nitrogens with zero attached hydrogens (tertiary/aromatic N) is 1. The van der Waals surface area contributed by atoms with Gasteiger partial charge >= 0.3 is 0 Å². The highest BCUT2D eigenvalue weighted by atomic mass is 79.9. The Morgan fingerprint density at radius 1 is 1.03 bits per heavy atom. The second kappa shape index (κ2) is 11.2. The third-order valence-corrected chi connectivity index (χ3v) is 6.15. The molecule has 0 radical (unpaired) electrons. The van der Waals surface area contributed by atoms with Gasteiger partial charge in [0.2, 0.25) is 5.91 Å². The number of hydrazone groups is 1. The second-order valence-corrected chi connectivity index (χ2v) is 8.84. The highest BCUT2D eigenvalue weighted by molar-refractivity contribution is 9.10. The number of halogens is 2. The van der Waals surface area contributed by atoms with Crippen LogP contribution in [0, 0.1) is 0 Å². The SMILES string of the molecule is COc1cc(C=NNC(=O)Cc2cccc3ccccc23)c(Br)cc1OCc1ccc(Cl)cc1. The summed E-state index contributed by atoms with van der Waals surface area (Å²) in [4.78, 5) is 12.5. The van der Waals surface area contributed by atoms with Crippen molar-refractivity contribution < 1.29 is 14.3 Å². The van der Waals surface area contributed by atoms with Crippen molar-refractivity contribution in [1.29, 1.82) is 0 Å². The Labute approximate surface area is 211 Å². The van der Waals surface area contributed by atoms with Gasteiger partial charge in [0, 0.05) is 15.1 Å². The van der Waals surface area contributed by atoms with Crippen LogP contribution < -0.4 is 14.9 Å². The molecule has 0 aliphatic heterocycles. The van der Waals surface area contributed by atoms with Crippen molar-refractivity contribution in [1.82, 2.24) is 5.43 Å². The van der Waals surface area contributed by atoms with Crippen LogP contribution in [0.1, 0.15) is 16.7 Å². The summed E-state index contributed by atoms with van der Waals surface area (Å²) >= 11 is 9.47. The molecule has 4 rings (SSSR count). The maximum absolute atomic E-state index is 12.5. The topological polar surface area (TPSA) is 59.9 Å². The number of nitrogens with one attached hydrogen (secondary N) is 1. The van der Waals surface area contributed by atoms with E-state index in [9.17, 15) is 4.79 Å². The van der Waals surface area contributed by atoms with Crippen LogP contribution in [0.5, 0.6) is 11.5 Å². The number of fused-ring (bicyclic) bond motifs is 1. The predicted molar refractivity (Wildman–Crippen MR) is 140 cm³/mol. The molecule has 0 spiro atoms. The number of hydrogen-bond donors (Lipinski definition) is 1. The number of benzene rings is 4. The molecule has 0 aliphatic rings. The molecule has 0 saturated carbocycles. The summed E-state index contributed by atoms with van der Waals surface area (Å²) in [6.45, 7) is 0.373. The van der Waals surface area contributed by atoms with Gasteiger partial charge in [-0.1, -0.05) is 66.2 Å². The quantitative estimate of drug-likeness (QED) is 0.205. The molecule has 1 amide bonds. The number of amides is 1. The van der Waals surface area contributed by atoms with E-state index < -0.39 is 0 Å². The summed E-state index contributed by atoms with van der Waals surface area (Å²) in [6, 6.07) is 25.0. The molecule has 0 heterocycles. The Hall–Kier alpha value is -3.35. The molecular weight excluding hydrogens is 516 g/mol. The molecule has 0 fully saturated rings. The largest absolute Gasteiger partial charge is 0.493 e. The number of methoxy groups -OCH3 is 1. The van der Waals surface area contributed by atoms with Gasteiger partial charge < -0.3 is 9.47 Å². The van der Waals surface area contributed by atoms with Crippen LogP contribution in [0.4, 0.5) is 0 Å². The van der Waals surface area contributed by atoms with Gasteiger partial charge in [-0.15, -0.1) is 0 Å². The average molecular weight is 538 g/mol. The molecule has 0 unspecified atom stereocenters. The molecule has 1 N–H and O–H groups in total. The maximum Gasteiger partial charge on any atom is 0.244 e. The van der Waals surface area contributed by atoms with Gasteiger partial charge in [0.05, 0.1) is 19.7 Å². The van der Waals surface area contributed by atoms with Crippen LogP contribution in [-0.2, 0) is 17.8 Å². The van der Waals surface area contributed by atoms with Gasteiger partial charge in [-0.3, -0.25) is 4.79 Å². The molecule has 0 atom stereocenters. The number of carbonyl (C=O) groups is 1. The fourth-order valence-electron chi connectivity index (χ4n) is 3.50. The lowest BCUT2D eigenvalue weighted by molar-refractivity contribution is -0.120. The second-order valence-electron chi connectivity index (χ2n) is 7.55. The van der Waals surface area contributed by atoms with Crippen LogP contribution in [0.25, 0.3) is 10.8 Å². The van der Waals surface area contributed by atoms with Crippen molar-refractivity contribution in [3.63, 3.8) is 0 Å². The molecule has 4 aromatic carbocycles. The Bertz CT molecular complexity index is 1330. The molecule has 0 aliphatic carbocycles. The normalized spacial score (nSPS) is 11.0. The average Bonchev–Trinajstić information content (AvgIpc) is 2.85. The first-order valence-corrected chi connectivity index (χ1v) is 11.7. The Balaban J connectivity index is 1.41. The standard InChI is InChI=1S/C27H22BrClN2O3/c1-33-25-13-21(24(28)15-26(25)34-17-18-9-11-22(29)12-10-18)16-30-31-27(32)14-20-7-4-6-19-5-2-3-8-23(19)20/h2-13,15-16H,14,17H2,1H3,(H,31,32). The Kier molecular flexibility index (Phi) is 7.83. The fraction of sp³-hybridized carbons (Fsp3) is 0.111. The van der Waals surface area contributed by atoms with E-state index in [1.165, 1.54) is 0 Å². The van der Waals surface area contributed by atoms with Gasteiger partial charge in [0.25, 0.3) is 0 Å². The zero-order valence-corrected chi connectivity index (χ0v) is 20.8. The predicted octanol–water partition coefficient (Wildman–Crippen LogP) is 6.54. The third-order valence-electron chi connectivity index (χ3n) is 5.21. The molecule has 0 bridgehead atoms. The van der Waals surface area contributed by atoms with Crippen LogP contribution in [-0.4, -0.2) is 19.2 Å². The highest BCUT2D eigenvalue weighted by Gasteiger charge is 2.11. The van der Waals surface area contributed by atoms with Gasteiger partial charge in [-0.2, -0.15) is 5.10 Å². The monoisotopic (exact) mass is 536 g/mol. The summed E-state index contributed by atoms with van der Waals surface area (Å²) in [7, 11) is 1.57. The van der Waals surface area contributed by atoms with E-state index in [-0.39, 0.29) is 12.3 Å². The number of ether oxygens (including phenoxy) is 2. The first kappa shape index (κ1) is 23.8. The van der Waals surface area contributed by atoms with Gasteiger partial charge in [0.1, 0.15) is 6.61 Å². The van der Waals surface area contributed by atoms with E-state index in [0.717, 1.165) is 31.9 Å². The number of hydrogen-bond acceptors (Lipinski definition) is 4. The molecule has 7 heteroatoms. The van der Waals surface area contributed by atoms with Crippen LogP contribution in [0.2, 0.25) is 5.02 Å². The molecular formula is C27H22BrClN2O3. The molecule has 4 aromatic rings. The van der Waals surface area contributed by atoms with Crippen molar-refractivity contribution in [2.24, 2.45) is 5.10 Å². The lowest BCUT2D eigenvalue weighted by Crippen LogP contribution is -2.19. The van der Waals surface area contributed by atoms with Gasteiger partial charge in [-0.05, 0) is 62.1 Å². The first-order chi connectivity index (χ1) is 16.5. The van der Waals surface area contributed by atoms with E-state index in [1.54, 1.807) is 19.4 Å². The first-order valence-electron chi connectivity index (χ1n) is 10.6. The molecule has 0 saturated heterocycles. The Morgan fingerprint density at radius 3 is 2.59 bits per heavy atom. The Morgan fingerprint density at radius 2 is 1.79 bits per heavy atom. The van der Waals surface area contributed by atoms with E-state index in [0.29, 0.717) is 23.1 Å².